The maximum atomic E-state index is 12.6. The summed E-state index contributed by atoms with van der Waals surface area (Å²) >= 11 is 0. The van der Waals surface area contributed by atoms with Crippen molar-refractivity contribution < 1.29 is 28.2 Å². The molecule has 0 saturated heterocycles. The minimum atomic E-state index is -4.82. The molecule has 0 spiro atoms. The molecule has 1 aromatic heterocycles. The highest BCUT2D eigenvalue weighted by molar-refractivity contribution is 5.90. The molecular weight excluding hydrogens is 229 g/mol. The van der Waals surface area contributed by atoms with E-state index in [1.54, 1.807) is 0 Å². The van der Waals surface area contributed by atoms with E-state index in [0.717, 1.165) is 0 Å². The van der Waals surface area contributed by atoms with Gasteiger partial charge < -0.3 is 10.2 Å². The number of halogens is 3. The van der Waals surface area contributed by atoms with E-state index < -0.39 is 36.6 Å². The molecule has 0 aliphatic carbocycles. The Morgan fingerprint density at radius 2 is 2.06 bits per heavy atom. The summed E-state index contributed by atoms with van der Waals surface area (Å²) in [6.07, 6.45) is -4.82. The number of alkyl halides is 3. The summed E-state index contributed by atoms with van der Waals surface area (Å²) in [6.45, 7) is 0.221. The first kappa shape index (κ1) is 12.5. The van der Waals surface area contributed by atoms with Crippen molar-refractivity contribution in [1.29, 1.82) is 0 Å². The first-order valence-corrected chi connectivity index (χ1v) is 4.27. The lowest BCUT2D eigenvalue weighted by Gasteiger charge is -2.10. The lowest BCUT2D eigenvalue weighted by atomic mass is 10.2. The Bertz CT molecular complexity index is 411. The van der Waals surface area contributed by atoms with Crippen LogP contribution in [-0.2, 0) is 12.7 Å². The van der Waals surface area contributed by atoms with Gasteiger partial charge in [-0.15, -0.1) is 0 Å². The predicted molar refractivity (Wildman–Crippen MR) is 46.0 cm³/mol. The first-order chi connectivity index (χ1) is 7.29. The normalized spacial score (nSPS) is 11.8. The van der Waals surface area contributed by atoms with Crippen LogP contribution in [0.1, 0.15) is 21.7 Å². The molecule has 0 fully saturated rings. The molecule has 0 saturated carbocycles. The minimum absolute atomic E-state index is 0.228. The number of carboxylic acid groups (broad SMARTS) is 1. The van der Waals surface area contributed by atoms with Crippen LogP contribution in [-0.4, -0.2) is 32.6 Å². The molecule has 0 unspecified atom stereocenters. The Hall–Kier alpha value is -1.57. The van der Waals surface area contributed by atoms with E-state index in [2.05, 4.69) is 5.10 Å². The molecule has 0 radical (unpaired) electrons. The number of nitrogens with zero attached hydrogens (tertiary/aromatic N) is 2. The maximum Gasteiger partial charge on any atom is 0.433 e. The number of aliphatic hydroxyl groups excluding tert-OH is 1. The standard InChI is InChI=1S/C8H9F3N2O3/c1-4-5(7(15)16)6(8(9,10)11)13(12-4)2-3-14/h14H,2-3H2,1H3,(H,15,16). The molecule has 2 N–H and O–H groups in total. The van der Waals surface area contributed by atoms with Gasteiger partial charge in [0.05, 0.1) is 18.8 Å². The number of aromatic carboxylic acids is 1. The van der Waals surface area contributed by atoms with E-state index in [0.29, 0.717) is 4.68 Å². The Kier molecular flexibility index (Phi) is 3.22. The number of aryl methyl sites for hydroxylation is 1. The van der Waals surface area contributed by atoms with Crippen molar-refractivity contribution in [2.24, 2.45) is 0 Å². The summed E-state index contributed by atoms with van der Waals surface area (Å²) in [5, 5.41) is 20.7. The van der Waals surface area contributed by atoms with Crippen molar-refractivity contribution in [1.82, 2.24) is 9.78 Å². The van der Waals surface area contributed by atoms with Gasteiger partial charge in [-0.2, -0.15) is 18.3 Å². The second-order valence-corrected chi connectivity index (χ2v) is 3.06. The molecule has 1 aromatic rings. The first-order valence-electron chi connectivity index (χ1n) is 4.27. The van der Waals surface area contributed by atoms with Crippen LogP contribution >= 0.6 is 0 Å². The number of hydrogen-bond acceptors (Lipinski definition) is 3. The molecule has 8 heteroatoms. The Morgan fingerprint density at radius 3 is 2.44 bits per heavy atom. The van der Waals surface area contributed by atoms with E-state index in [9.17, 15) is 18.0 Å². The van der Waals surface area contributed by atoms with Crippen molar-refractivity contribution in [2.75, 3.05) is 6.61 Å². The molecule has 0 bridgehead atoms. The minimum Gasteiger partial charge on any atom is -0.478 e. The van der Waals surface area contributed by atoms with Gasteiger partial charge in [-0.1, -0.05) is 0 Å². The van der Waals surface area contributed by atoms with Crippen LogP contribution in [0.5, 0.6) is 0 Å². The fourth-order valence-corrected chi connectivity index (χ4v) is 1.38. The molecule has 90 valence electrons. The molecule has 1 heterocycles. The van der Waals surface area contributed by atoms with Crippen LogP contribution in [0.25, 0.3) is 0 Å². The average molecular weight is 238 g/mol. The van der Waals surface area contributed by atoms with Crippen LogP contribution in [0.15, 0.2) is 0 Å². The lowest BCUT2D eigenvalue weighted by Crippen LogP contribution is -2.19. The number of carboxylic acids is 1. The molecule has 1 rings (SSSR count). The van der Waals surface area contributed by atoms with Crippen molar-refractivity contribution in [3.05, 3.63) is 17.0 Å². The molecule has 0 aromatic carbocycles. The van der Waals surface area contributed by atoms with E-state index in [4.69, 9.17) is 10.2 Å². The predicted octanol–water partition coefficient (Wildman–Crippen LogP) is 0.901. The van der Waals surface area contributed by atoms with Gasteiger partial charge in [-0.3, -0.25) is 4.68 Å². The van der Waals surface area contributed by atoms with Crippen molar-refractivity contribution in [3.63, 3.8) is 0 Å². The van der Waals surface area contributed by atoms with Crippen LogP contribution in [0.4, 0.5) is 13.2 Å². The van der Waals surface area contributed by atoms with E-state index in [1.807, 2.05) is 0 Å². The SMILES string of the molecule is Cc1nn(CCO)c(C(F)(F)F)c1C(=O)O. The zero-order valence-electron chi connectivity index (χ0n) is 8.25. The third-order valence-corrected chi connectivity index (χ3v) is 1.92. The topological polar surface area (TPSA) is 75.3 Å². The van der Waals surface area contributed by atoms with Crippen molar-refractivity contribution in [2.45, 2.75) is 19.6 Å². The molecule has 0 amide bonds. The second kappa shape index (κ2) is 4.12. The maximum absolute atomic E-state index is 12.6. The molecule has 0 aliphatic rings. The Balaban J connectivity index is 3.43. The van der Waals surface area contributed by atoms with Crippen LogP contribution in [0.3, 0.4) is 0 Å². The van der Waals surface area contributed by atoms with Gasteiger partial charge in [0.25, 0.3) is 0 Å². The summed E-state index contributed by atoms with van der Waals surface area (Å²) in [6, 6.07) is 0. The fourth-order valence-electron chi connectivity index (χ4n) is 1.38. The number of aliphatic hydroxyl groups is 1. The summed E-state index contributed by atoms with van der Waals surface area (Å²) in [7, 11) is 0. The van der Waals surface area contributed by atoms with E-state index >= 15 is 0 Å². The van der Waals surface area contributed by atoms with E-state index in [-0.39, 0.29) is 5.69 Å². The third-order valence-electron chi connectivity index (χ3n) is 1.92. The highest BCUT2D eigenvalue weighted by atomic mass is 19.4. The van der Waals surface area contributed by atoms with E-state index in [1.165, 1.54) is 6.92 Å². The quantitative estimate of drug-likeness (QED) is 0.820. The highest BCUT2D eigenvalue weighted by Crippen LogP contribution is 2.33. The smallest absolute Gasteiger partial charge is 0.433 e. The van der Waals surface area contributed by atoms with Gasteiger partial charge >= 0.3 is 12.1 Å². The van der Waals surface area contributed by atoms with Gasteiger partial charge in [-0.05, 0) is 6.92 Å². The summed E-state index contributed by atoms with van der Waals surface area (Å²) in [5.41, 5.74) is -2.44. The molecule has 0 atom stereocenters. The molecule has 5 nitrogen and oxygen atoms in total. The average Bonchev–Trinajstić information content (AvgIpc) is 2.42. The largest absolute Gasteiger partial charge is 0.478 e. The fraction of sp³-hybridized carbons (Fsp3) is 0.500. The van der Waals surface area contributed by atoms with Gasteiger partial charge in [0.2, 0.25) is 0 Å². The van der Waals surface area contributed by atoms with Gasteiger partial charge in [0.1, 0.15) is 5.56 Å². The number of hydrogen-bond donors (Lipinski definition) is 2. The monoisotopic (exact) mass is 238 g/mol. The van der Waals surface area contributed by atoms with Crippen LogP contribution in [0, 0.1) is 6.92 Å². The molecule has 0 aliphatic heterocycles. The third kappa shape index (κ3) is 2.16. The number of rotatable bonds is 3. The second-order valence-electron chi connectivity index (χ2n) is 3.06. The number of carbonyl (C=O) groups is 1. The Morgan fingerprint density at radius 1 is 1.50 bits per heavy atom. The molecular formula is C8H9F3N2O3. The highest BCUT2D eigenvalue weighted by Gasteiger charge is 2.41. The summed E-state index contributed by atoms with van der Waals surface area (Å²) in [5.74, 6) is -1.69. The van der Waals surface area contributed by atoms with Crippen molar-refractivity contribution >= 4 is 5.97 Å². The van der Waals surface area contributed by atoms with Crippen molar-refractivity contribution in [3.8, 4) is 0 Å². The van der Waals surface area contributed by atoms with Crippen LogP contribution < -0.4 is 0 Å². The van der Waals surface area contributed by atoms with Crippen LogP contribution in [0.2, 0.25) is 0 Å². The number of aromatic nitrogens is 2. The summed E-state index contributed by atoms with van der Waals surface area (Å²) in [4.78, 5) is 10.7. The molecule has 16 heavy (non-hydrogen) atoms. The zero-order chi connectivity index (χ0) is 12.5. The zero-order valence-corrected chi connectivity index (χ0v) is 8.25. The summed E-state index contributed by atoms with van der Waals surface area (Å²) < 4.78 is 38.3. The van der Waals surface area contributed by atoms with Gasteiger partial charge in [0.15, 0.2) is 5.69 Å². The van der Waals surface area contributed by atoms with Gasteiger partial charge in [-0.25, -0.2) is 4.79 Å². The van der Waals surface area contributed by atoms with Gasteiger partial charge in [0, 0.05) is 0 Å². The lowest BCUT2D eigenvalue weighted by molar-refractivity contribution is -0.144. The Labute approximate surface area is 88.1 Å².